The standard InChI is InChI=1S/C14H24N2O2S/c1-3-5-11-16-19(17,18)14-9-7-6-8-13(14)12-15-10-4-2/h6-9,15-16H,3-5,10-12H2,1-2H3. The lowest BCUT2D eigenvalue weighted by molar-refractivity contribution is 0.575. The van der Waals surface area contributed by atoms with Gasteiger partial charge in [-0.05, 0) is 31.0 Å². The van der Waals surface area contributed by atoms with Gasteiger partial charge in [0.05, 0.1) is 4.90 Å². The van der Waals surface area contributed by atoms with E-state index in [1.807, 2.05) is 19.1 Å². The Morgan fingerprint density at radius 1 is 1.05 bits per heavy atom. The second-order valence-corrected chi connectivity index (χ2v) is 6.27. The summed E-state index contributed by atoms with van der Waals surface area (Å²) in [6, 6.07) is 7.15. The van der Waals surface area contributed by atoms with E-state index in [-0.39, 0.29) is 0 Å². The monoisotopic (exact) mass is 284 g/mol. The fourth-order valence-corrected chi connectivity index (χ4v) is 3.08. The fourth-order valence-electron chi connectivity index (χ4n) is 1.77. The Morgan fingerprint density at radius 3 is 2.47 bits per heavy atom. The molecular formula is C14H24N2O2S. The van der Waals surface area contributed by atoms with Gasteiger partial charge >= 0.3 is 0 Å². The van der Waals surface area contributed by atoms with E-state index in [1.54, 1.807) is 12.1 Å². The van der Waals surface area contributed by atoms with Gasteiger partial charge in [0, 0.05) is 13.1 Å². The van der Waals surface area contributed by atoms with Crippen molar-refractivity contribution in [1.29, 1.82) is 0 Å². The average molecular weight is 284 g/mol. The predicted octanol–water partition coefficient (Wildman–Crippen LogP) is 2.26. The molecule has 0 heterocycles. The molecule has 0 aliphatic rings. The molecule has 0 atom stereocenters. The van der Waals surface area contributed by atoms with Gasteiger partial charge in [-0.2, -0.15) is 0 Å². The fraction of sp³-hybridized carbons (Fsp3) is 0.571. The highest BCUT2D eigenvalue weighted by atomic mass is 32.2. The van der Waals surface area contributed by atoms with Crippen LogP contribution in [-0.2, 0) is 16.6 Å². The van der Waals surface area contributed by atoms with Crippen LogP contribution in [0.15, 0.2) is 29.2 Å². The molecule has 0 saturated carbocycles. The van der Waals surface area contributed by atoms with Crippen LogP contribution in [0.4, 0.5) is 0 Å². The molecule has 19 heavy (non-hydrogen) atoms. The molecule has 0 fully saturated rings. The van der Waals surface area contributed by atoms with Crippen LogP contribution in [0.1, 0.15) is 38.7 Å². The molecule has 4 nitrogen and oxygen atoms in total. The highest BCUT2D eigenvalue weighted by Gasteiger charge is 2.16. The molecule has 0 aliphatic carbocycles. The normalized spacial score (nSPS) is 11.7. The van der Waals surface area contributed by atoms with E-state index in [1.165, 1.54) is 0 Å². The van der Waals surface area contributed by atoms with Crippen molar-refractivity contribution in [3.05, 3.63) is 29.8 Å². The number of sulfonamides is 1. The van der Waals surface area contributed by atoms with Gasteiger partial charge < -0.3 is 5.32 Å². The SMILES string of the molecule is CCCCNS(=O)(=O)c1ccccc1CNCCC. The molecule has 108 valence electrons. The second-order valence-electron chi connectivity index (χ2n) is 4.54. The molecule has 2 N–H and O–H groups in total. The first-order valence-electron chi connectivity index (χ1n) is 6.90. The third-order valence-electron chi connectivity index (χ3n) is 2.83. The van der Waals surface area contributed by atoms with Crippen LogP contribution in [0, 0.1) is 0 Å². The van der Waals surface area contributed by atoms with Crippen LogP contribution in [0.2, 0.25) is 0 Å². The first-order valence-corrected chi connectivity index (χ1v) is 8.38. The average Bonchev–Trinajstić information content (AvgIpc) is 2.40. The molecule has 0 saturated heterocycles. The molecule has 0 amide bonds. The maximum absolute atomic E-state index is 12.2. The molecule has 0 spiro atoms. The maximum Gasteiger partial charge on any atom is 0.240 e. The number of rotatable bonds is 9. The van der Waals surface area contributed by atoms with E-state index in [0.29, 0.717) is 18.0 Å². The van der Waals surface area contributed by atoms with E-state index >= 15 is 0 Å². The van der Waals surface area contributed by atoms with Crippen molar-refractivity contribution in [2.24, 2.45) is 0 Å². The summed E-state index contributed by atoms with van der Waals surface area (Å²) in [6.45, 7) is 6.09. The van der Waals surface area contributed by atoms with Crippen LogP contribution in [0.5, 0.6) is 0 Å². The number of unbranched alkanes of at least 4 members (excludes halogenated alkanes) is 1. The van der Waals surface area contributed by atoms with Crippen molar-refractivity contribution >= 4 is 10.0 Å². The van der Waals surface area contributed by atoms with Crippen LogP contribution < -0.4 is 10.0 Å². The van der Waals surface area contributed by atoms with Gasteiger partial charge in [-0.15, -0.1) is 0 Å². The number of hydrogen-bond acceptors (Lipinski definition) is 3. The molecular weight excluding hydrogens is 260 g/mol. The summed E-state index contributed by atoms with van der Waals surface area (Å²) in [5, 5.41) is 3.24. The third-order valence-corrected chi connectivity index (χ3v) is 4.39. The van der Waals surface area contributed by atoms with E-state index in [4.69, 9.17) is 0 Å². The highest BCUT2D eigenvalue weighted by Crippen LogP contribution is 2.15. The van der Waals surface area contributed by atoms with E-state index in [2.05, 4.69) is 17.0 Å². The quantitative estimate of drug-likeness (QED) is 0.684. The molecule has 0 bridgehead atoms. The number of hydrogen-bond donors (Lipinski definition) is 2. The Morgan fingerprint density at radius 2 is 1.79 bits per heavy atom. The molecule has 0 aliphatic heterocycles. The van der Waals surface area contributed by atoms with Gasteiger partial charge in [-0.25, -0.2) is 13.1 Å². The van der Waals surface area contributed by atoms with E-state index in [0.717, 1.165) is 31.4 Å². The Balaban J connectivity index is 2.80. The minimum atomic E-state index is -3.39. The van der Waals surface area contributed by atoms with Gasteiger partial charge in [0.1, 0.15) is 0 Å². The van der Waals surface area contributed by atoms with Crippen LogP contribution in [-0.4, -0.2) is 21.5 Å². The summed E-state index contributed by atoms with van der Waals surface area (Å²) in [5.41, 5.74) is 0.819. The van der Waals surface area contributed by atoms with Crippen molar-refractivity contribution in [2.75, 3.05) is 13.1 Å². The summed E-state index contributed by atoms with van der Waals surface area (Å²) in [5.74, 6) is 0. The molecule has 1 aromatic rings. The van der Waals surface area contributed by atoms with Crippen LogP contribution >= 0.6 is 0 Å². The van der Waals surface area contributed by atoms with Gasteiger partial charge in [-0.1, -0.05) is 38.5 Å². The molecule has 0 unspecified atom stereocenters. The largest absolute Gasteiger partial charge is 0.313 e. The Kier molecular flexibility index (Phi) is 7.05. The lowest BCUT2D eigenvalue weighted by Gasteiger charge is -2.11. The molecule has 0 radical (unpaired) electrons. The summed E-state index contributed by atoms with van der Waals surface area (Å²) in [6.07, 6.45) is 2.86. The lowest BCUT2D eigenvalue weighted by atomic mass is 10.2. The van der Waals surface area contributed by atoms with Gasteiger partial charge in [0.2, 0.25) is 10.0 Å². The predicted molar refractivity (Wildman–Crippen MR) is 78.5 cm³/mol. The Labute approximate surface area is 116 Å². The number of benzene rings is 1. The van der Waals surface area contributed by atoms with Crippen molar-refractivity contribution in [3.8, 4) is 0 Å². The third kappa shape index (κ3) is 5.30. The minimum Gasteiger partial charge on any atom is -0.313 e. The summed E-state index contributed by atoms with van der Waals surface area (Å²) in [4.78, 5) is 0.384. The zero-order chi connectivity index (χ0) is 14.1. The van der Waals surface area contributed by atoms with Crippen molar-refractivity contribution in [2.45, 2.75) is 44.6 Å². The van der Waals surface area contributed by atoms with Gasteiger partial charge in [0.15, 0.2) is 0 Å². The summed E-state index contributed by atoms with van der Waals surface area (Å²) < 4.78 is 27.1. The molecule has 1 rings (SSSR count). The summed E-state index contributed by atoms with van der Waals surface area (Å²) in [7, 11) is -3.39. The van der Waals surface area contributed by atoms with E-state index < -0.39 is 10.0 Å². The van der Waals surface area contributed by atoms with Gasteiger partial charge in [0.25, 0.3) is 0 Å². The lowest BCUT2D eigenvalue weighted by Crippen LogP contribution is -2.26. The molecule has 5 heteroatoms. The molecule has 1 aromatic carbocycles. The first-order chi connectivity index (χ1) is 9.11. The Hall–Kier alpha value is -0.910. The molecule has 0 aromatic heterocycles. The van der Waals surface area contributed by atoms with Gasteiger partial charge in [-0.3, -0.25) is 0 Å². The van der Waals surface area contributed by atoms with Crippen molar-refractivity contribution < 1.29 is 8.42 Å². The highest BCUT2D eigenvalue weighted by molar-refractivity contribution is 7.89. The van der Waals surface area contributed by atoms with E-state index in [9.17, 15) is 8.42 Å². The first kappa shape index (κ1) is 16.1. The van der Waals surface area contributed by atoms with Crippen molar-refractivity contribution in [3.63, 3.8) is 0 Å². The summed E-state index contributed by atoms with van der Waals surface area (Å²) >= 11 is 0. The van der Waals surface area contributed by atoms with Crippen LogP contribution in [0.25, 0.3) is 0 Å². The Bertz CT molecular complexity index is 472. The number of nitrogens with one attached hydrogen (secondary N) is 2. The minimum absolute atomic E-state index is 0.384. The maximum atomic E-state index is 12.2. The zero-order valence-electron chi connectivity index (χ0n) is 11.8. The topological polar surface area (TPSA) is 58.2 Å². The van der Waals surface area contributed by atoms with Crippen molar-refractivity contribution in [1.82, 2.24) is 10.0 Å². The van der Waals surface area contributed by atoms with Crippen LogP contribution in [0.3, 0.4) is 0 Å². The second kappa shape index (κ2) is 8.30. The zero-order valence-corrected chi connectivity index (χ0v) is 12.6. The smallest absolute Gasteiger partial charge is 0.240 e.